The van der Waals surface area contributed by atoms with Gasteiger partial charge in [0.15, 0.2) is 0 Å². The molecule has 25 heteroatoms. The second kappa shape index (κ2) is 40.5. The zero-order chi connectivity index (χ0) is 67.9. The van der Waals surface area contributed by atoms with Gasteiger partial charge in [0.1, 0.15) is 42.6 Å². The van der Waals surface area contributed by atoms with Crippen molar-refractivity contribution >= 4 is 53.2 Å². The Morgan fingerprint density at radius 2 is 1.13 bits per heavy atom. The van der Waals surface area contributed by atoms with Crippen LogP contribution < -0.4 is 42.5 Å². The number of carbonyl (C=O) groups excluding carboxylic acids is 9. The number of benzene rings is 2. The zero-order valence-electron chi connectivity index (χ0n) is 54.6. The number of cyclic esters (lactones) is 1. The fourth-order valence-corrected chi connectivity index (χ4v) is 10.1. The number of hydrogen-bond donors (Lipinski definition) is 14. The summed E-state index contributed by atoms with van der Waals surface area (Å²) >= 11 is 0. The SMILES string of the molecule is CCCCCCC=CCCNC(Cc1ccccc1)C(O)CC(=O)NC(C(=O)NC(CO)C(O)CC(=O)NC(C(=O)NC(CO)C(O)CC(=O)NC(C(=O)NC1C=CC(=O)NC(C(C)C)C(=O)N(C)C(Cc2ccc(O)cc2)C(=O)OC1)C(C)C)C(C)C)C(C)C. The van der Waals surface area contributed by atoms with Crippen molar-refractivity contribution in [2.45, 2.75) is 206 Å². The minimum Gasteiger partial charge on any atom is -0.508 e. The van der Waals surface area contributed by atoms with Crippen LogP contribution in [0.25, 0.3) is 0 Å². The van der Waals surface area contributed by atoms with Gasteiger partial charge in [-0.25, -0.2) is 4.79 Å². The van der Waals surface area contributed by atoms with E-state index in [0.717, 1.165) is 30.9 Å². The first-order valence-corrected chi connectivity index (χ1v) is 31.8. The molecule has 14 N–H and O–H groups in total. The van der Waals surface area contributed by atoms with E-state index >= 15 is 0 Å². The van der Waals surface area contributed by atoms with Gasteiger partial charge in [0.05, 0.1) is 68.9 Å². The van der Waals surface area contributed by atoms with Crippen molar-refractivity contribution in [2.24, 2.45) is 23.7 Å². The first-order chi connectivity index (χ1) is 43.1. The van der Waals surface area contributed by atoms with Crippen molar-refractivity contribution in [3.8, 4) is 5.75 Å². The van der Waals surface area contributed by atoms with Gasteiger partial charge in [0.25, 0.3) is 0 Å². The normalized spacial score (nSPS) is 18.8. The van der Waals surface area contributed by atoms with Crippen LogP contribution in [0.1, 0.15) is 131 Å². The molecule has 3 rings (SSSR count). The highest BCUT2D eigenvalue weighted by Gasteiger charge is 2.38. The van der Waals surface area contributed by atoms with Gasteiger partial charge in [-0.3, -0.25) is 38.4 Å². The minimum absolute atomic E-state index is 0.0119. The number of hydrogen-bond acceptors (Lipinski definition) is 17. The summed E-state index contributed by atoms with van der Waals surface area (Å²) in [6.07, 6.45) is 7.00. The van der Waals surface area contributed by atoms with E-state index in [4.69, 9.17) is 4.74 Å². The minimum atomic E-state index is -1.75. The van der Waals surface area contributed by atoms with Crippen LogP contribution in [0.15, 0.2) is 78.9 Å². The monoisotopic (exact) mass is 1280 g/mol. The second-order valence-electron chi connectivity index (χ2n) is 24.8. The molecule has 1 aliphatic rings. The number of aliphatic hydroxyl groups is 5. The number of allylic oxidation sites excluding steroid dienone is 1. The number of phenols is 1. The van der Waals surface area contributed by atoms with E-state index in [1.807, 2.05) is 30.3 Å². The number of carbonyl (C=O) groups is 9. The number of aromatic hydroxyl groups is 1. The summed E-state index contributed by atoms with van der Waals surface area (Å²) in [6, 6.07) is 4.93. The van der Waals surface area contributed by atoms with Crippen LogP contribution in [0, 0.1) is 23.7 Å². The largest absolute Gasteiger partial charge is 0.508 e. The average Bonchev–Trinajstić information content (AvgIpc) is 1.17. The van der Waals surface area contributed by atoms with E-state index in [9.17, 15) is 73.8 Å². The molecule has 0 radical (unpaired) electrons. The van der Waals surface area contributed by atoms with Gasteiger partial charge in [0.2, 0.25) is 47.3 Å². The molecule has 0 saturated carbocycles. The van der Waals surface area contributed by atoms with Crippen LogP contribution >= 0.6 is 0 Å². The number of nitrogens with one attached hydrogen (secondary N) is 8. The summed E-state index contributed by atoms with van der Waals surface area (Å²) in [5.74, 6) is -9.05. The quantitative estimate of drug-likeness (QED) is 0.0257. The number of rotatable bonds is 37. The number of phenolic OH excluding ortho intramolecular Hbond substituents is 1. The third-order valence-corrected chi connectivity index (χ3v) is 15.7. The molecule has 12 unspecified atom stereocenters. The third-order valence-electron chi connectivity index (χ3n) is 15.7. The molecule has 508 valence electrons. The highest BCUT2D eigenvalue weighted by atomic mass is 16.5. The molecule has 0 fully saturated rings. The molecule has 2 aromatic rings. The Labute approximate surface area is 535 Å². The summed E-state index contributed by atoms with van der Waals surface area (Å²) in [7, 11) is 1.40. The van der Waals surface area contributed by atoms with E-state index in [-0.39, 0.29) is 18.6 Å². The lowest BCUT2D eigenvalue weighted by atomic mass is 9.97. The Hall–Kier alpha value is -7.29. The first kappa shape index (κ1) is 78.0. The highest BCUT2D eigenvalue weighted by molar-refractivity contribution is 5.95. The lowest BCUT2D eigenvalue weighted by Crippen LogP contribution is -2.58. The predicted molar refractivity (Wildman–Crippen MR) is 342 cm³/mol. The summed E-state index contributed by atoms with van der Waals surface area (Å²) in [6.45, 7) is 13.7. The molecule has 91 heavy (non-hydrogen) atoms. The van der Waals surface area contributed by atoms with Crippen molar-refractivity contribution in [1.29, 1.82) is 0 Å². The van der Waals surface area contributed by atoms with Crippen molar-refractivity contribution in [1.82, 2.24) is 47.4 Å². The number of esters is 1. The molecule has 12 atom stereocenters. The number of amides is 8. The summed E-state index contributed by atoms with van der Waals surface area (Å²) in [4.78, 5) is 124. The summed E-state index contributed by atoms with van der Waals surface area (Å²) < 4.78 is 5.66. The maximum absolute atomic E-state index is 13.9. The molecule has 0 aromatic heterocycles. The molecular weight excluding hydrogens is 1170 g/mol. The van der Waals surface area contributed by atoms with Crippen molar-refractivity contribution in [3.05, 3.63) is 90.0 Å². The second-order valence-corrected chi connectivity index (χ2v) is 24.8. The lowest BCUT2D eigenvalue weighted by molar-refractivity contribution is -0.156. The fourth-order valence-electron chi connectivity index (χ4n) is 10.1. The van der Waals surface area contributed by atoms with Crippen molar-refractivity contribution < 1.29 is 78.5 Å². The van der Waals surface area contributed by atoms with E-state index in [1.54, 1.807) is 67.5 Å². The van der Waals surface area contributed by atoms with Gasteiger partial charge in [-0.2, -0.15) is 0 Å². The van der Waals surface area contributed by atoms with Crippen LogP contribution in [0.2, 0.25) is 0 Å². The molecular formula is C66H103N9O16. The van der Waals surface area contributed by atoms with Gasteiger partial charge in [-0.15, -0.1) is 0 Å². The summed E-state index contributed by atoms with van der Waals surface area (Å²) in [5, 5.41) is 85.6. The lowest BCUT2D eigenvalue weighted by Gasteiger charge is -2.32. The van der Waals surface area contributed by atoms with Crippen LogP contribution in [0.3, 0.4) is 0 Å². The molecule has 25 nitrogen and oxygen atoms in total. The Bertz CT molecular complexity index is 2670. The maximum atomic E-state index is 13.9. The van der Waals surface area contributed by atoms with E-state index in [1.165, 1.54) is 49.4 Å². The number of likely N-dealkylation sites (N-methyl/N-ethyl adjacent to an activating group) is 1. The van der Waals surface area contributed by atoms with E-state index in [2.05, 4.69) is 61.6 Å². The van der Waals surface area contributed by atoms with Crippen molar-refractivity contribution in [3.63, 3.8) is 0 Å². The molecule has 8 amide bonds. The van der Waals surface area contributed by atoms with Crippen LogP contribution in [0.4, 0.5) is 0 Å². The molecule has 1 heterocycles. The topological polar surface area (TPSA) is 384 Å². The Balaban J connectivity index is 1.62. The van der Waals surface area contributed by atoms with Crippen molar-refractivity contribution in [2.75, 3.05) is 33.4 Å². The molecule has 0 bridgehead atoms. The van der Waals surface area contributed by atoms with Crippen LogP contribution in [-0.4, -0.2) is 195 Å². The van der Waals surface area contributed by atoms with Crippen LogP contribution in [0.5, 0.6) is 5.75 Å². The fraction of sp³-hybridized carbons (Fsp3) is 0.621. The Morgan fingerprint density at radius 3 is 1.62 bits per heavy atom. The van der Waals surface area contributed by atoms with Gasteiger partial charge >= 0.3 is 5.97 Å². The van der Waals surface area contributed by atoms with E-state index < -0.39 is 182 Å². The molecule has 0 saturated heterocycles. The number of unbranched alkanes of at least 4 members (excludes halogenated alkanes) is 4. The Kier molecular flexibility index (Phi) is 34.7. The van der Waals surface area contributed by atoms with Crippen LogP contribution in [-0.2, 0) is 60.7 Å². The third kappa shape index (κ3) is 27.6. The standard InChI is InChI=1S/C66H103N9O16/c1-11-12-13-14-15-16-17-21-30-67-47(31-43-22-19-18-20-23-43)51(79)33-55(83)73-59(40(4)5)63(87)69-49(37-77)53(81)35-57(85)74-60(41(6)7)64(88)70-48(36-76)52(80)34-56(84)72-58(39(2)3)62(86)68-45-26-29-54(82)71-61(42(8)9)65(89)75(10)50(66(90)91-38-45)32-44-24-27-46(78)28-25-44/h16-20,22-29,39-42,45,47-53,58-61,67,76-81H,11-15,21,30-38H2,1-10H3,(H,68,86)(H,69,87)(H,70,88)(H,71,82)(H,72,84)(H,73,83)(H,74,85). The number of ether oxygens (including phenoxy) is 1. The summed E-state index contributed by atoms with van der Waals surface area (Å²) in [5.41, 5.74) is 1.54. The molecule has 1 aliphatic heterocycles. The highest BCUT2D eigenvalue weighted by Crippen LogP contribution is 2.19. The van der Waals surface area contributed by atoms with Gasteiger partial charge < -0.3 is 82.8 Å². The van der Waals surface area contributed by atoms with Gasteiger partial charge in [-0.1, -0.05) is 142 Å². The molecule has 0 spiro atoms. The molecule has 2 aromatic carbocycles. The molecule has 0 aliphatic carbocycles. The predicted octanol–water partition coefficient (Wildman–Crippen LogP) is 1.25. The van der Waals surface area contributed by atoms with Gasteiger partial charge in [-0.05, 0) is 79.2 Å². The Morgan fingerprint density at radius 1 is 0.637 bits per heavy atom. The zero-order valence-corrected chi connectivity index (χ0v) is 54.6. The smallest absolute Gasteiger partial charge is 0.329 e. The van der Waals surface area contributed by atoms with Gasteiger partial charge in [0, 0.05) is 25.6 Å². The van der Waals surface area contributed by atoms with E-state index in [0.29, 0.717) is 18.5 Å². The first-order valence-electron chi connectivity index (χ1n) is 31.8. The number of nitrogens with zero attached hydrogens (tertiary/aromatic N) is 1. The average molecular weight is 1280 g/mol. The number of aliphatic hydroxyl groups excluding tert-OH is 5. The maximum Gasteiger partial charge on any atom is 0.329 e.